The number of aromatic nitrogens is 1. The molecule has 0 radical (unpaired) electrons. The molecule has 1 aliphatic rings. The summed E-state index contributed by atoms with van der Waals surface area (Å²) in [4.78, 5) is 18.3. The van der Waals surface area contributed by atoms with Gasteiger partial charge >= 0.3 is 0 Å². The van der Waals surface area contributed by atoms with Crippen LogP contribution in [-0.4, -0.2) is 30.5 Å². The van der Waals surface area contributed by atoms with Crippen LogP contribution in [0.3, 0.4) is 0 Å². The average molecular weight is 261 g/mol. The van der Waals surface area contributed by atoms with E-state index in [0.717, 1.165) is 18.7 Å². The molecule has 19 heavy (non-hydrogen) atoms. The van der Waals surface area contributed by atoms with Crippen LogP contribution >= 0.6 is 0 Å². The number of amides is 1. The van der Waals surface area contributed by atoms with Gasteiger partial charge in [0, 0.05) is 25.2 Å². The molecule has 1 amide bonds. The lowest BCUT2D eigenvalue weighted by molar-refractivity contribution is -0.120. The van der Waals surface area contributed by atoms with E-state index in [9.17, 15) is 4.79 Å². The predicted molar refractivity (Wildman–Crippen MR) is 77.1 cm³/mol. The van der Waals surface area contributed by atoms with E-state index < -0.39 is 0 Å². The second-order valence-corrected chi connectivity index (χ2v) is 5.41. The zero-order valence-electron chi connectivity index (χ0n) is 11.9. The van der Waals surface area contributed by atoms with Crippen molar-refractivity contribution in [3.05, 3.63) is 24.4 Å². The van der Waals surface area contributed by atoms with Gasteiger partial charge in [0.05, 0.1) is 0 Å². The normalized spacial score (nSPS) is 18.0. The van der Waals surface area contributed by atoms with Gasteiger partial charge in [0.2, 0.25) is 5.91 Å². The molecule has 2 rings (SSSR count). The van der Waals surface area contributed by atoms with E-state index in [2.05, 4.69) is 10.3 Å². The second-order valence-electron chi connectivity index (χ2n) is 5.41. The van der Waals surface area contributed by atoms with E-state index in [1.165, 1.54) is 19.3 Å². The van der Waals surface area contributed by atoms with Crippen LogP contribution in [0.25, 0.3) is 0 Å². The minimum atomic E-state index is -0.0155. The fraction of sp³-hybridized carbons (Fsp3) is 0.600. The first-order valence-corrected chi connectivity index (χ1v) is 7.03. The fourth-order valence-corrected chi connectivity index (χ4v) is 2.83. The number of pyridine rings is 1. The number of anilines is 1. The summed E-state index contributed by atoms with van der Waals surface area (Å²) in [7, 11) is 3.77. The molecule has 1 heterocycles. The number of hydrogen-bond donors (Lipinski definition) is 1. The molecule has 0 aliphatic heterocycles. The molecule has 1 aromatic heterocycles. The maximum Gasteiger partial charge on any atom is 0.229 e. The van der Waals surface area contributed by atoms with Gasteiger partial charge in [-0.05, 0) is 32.0 Å². The van der Waals surface area contributed by atoms with E-state index in [-0.39, 0.29) is 11.4 Å². The highest BCUT2D eigenvalue weighted by Gasteiger charge is 2.33. The van der Waals surface area contributed by atoms with Gasteiger partial charge in [0.25, 0.3) is 0 Å². The zero-order chi connectivity index (χ0) is 13.7. The Morgan fingerprint density at radius 1 is 1.37 bits per heavy atom. The molecule has 4 nitrogen and oxygen atoms in total. The molecule has 1 saturated carbocycles. The molecule has 0 saturated heterocycles. The summed E-state index contributed by atoms with van der Waals surface area (Å²) in [5, 5.41) is 3.39. The first kappa shape index (κ1) is 14.0. The molecular weight excluding hydrogens is 238 g/mol. The number of carbonyl (C=O) groups excluding carboxylic acids is 1. The third kappa shape index (κ3) is 3.32. The van der Waals surface area contributed by atoms with Gasteiger partial charge in [-0.3, -0.25) is 9.69 Å². The topological polar surface area (TPSA) is 45.2 Å². The van der Waals surface area contributed by atoms with Crippen LogP contribution in [0.4, 0.5) is 5.82 Å². The molecule has 0 spiro atoms. The highest BCUT2D eigenvalue weighted by Crippen LogP contribution is 2.31. The van der Waals surface area contributed by atoms with Crippen molar-refractivity contribution in [2.75, 3.05) is 19.0 Å². The summed E-state index contributed by atoms with van der Waals surface area (Å²) in [6.07, 6.45) is 8.15. The first-order valence-electron chi connectivity index (χ1n) is 7.03. The third-order valence-corrected chi connectivity index (χ3v) is 4.20. The van der Waals surface area contributed by atoms with Crippen molar-refractivity contribution in [2.45, 2.75) is 44.1 Å². The minimum absolute atomic E-state index is 0.0155. The molecule has 1 aromatic rings. The Hall–Kier alpha value is -1.42. The number of carbonyl (C=O) groups is 1. The summed E-state index contributed by atoms with van der Waals surface area (Å²) in [5.74, 6) is 0.851. The average Bonchev–Trinajstić information content (AvgIpc) is 2.48. The van der Waals surface area contributed by atoms with Gasteiger partial charge in [-0.25, -0.2) is 4.98 Å². The van der Waals surface area contributed by atoms with Gasteiger partial charge in [-0.15, -0.1) is 0 Å². The highest BCUT2D eigenvalue weighted by molar-refractivity contribution is 5.92. The lowest BCUT2D eigenvalue weighted by Gasteiger charge is -2.37. The minimum Gasteiger partial charge on any atom is -0.314 e. The summed E-state index contributed by atoms with van der Waals surface area (Å²) in [6, 6.07) is 5.63. The van der Waals surface area contributed by atoms with Gasteiger partial charge in [-0.1, -0.05) is 25.3 Å². The first-order chi connectivity index (χ1) is 9.17. The molecule has 0 aromatic carbocycles. The van der Waals surface area contributed by atoms with E-state index in [0.29, 0.717) is 6.42 Å². The second kappa shape index (κ2) is 6.15. The van der Waals surface area contributed by atoms with Gasteiger partial charge in [0.15, 0.2) is 0 Å². The monoisotopic (exact) mass is 261 g/mol. The summed E-state index contributed by atoms with van der Waals surface area (Å²) >= 11 is 0. The van der Waals surface area contributed by atoms with Crippen LogP contribution in [-0.2, 0) is 4.79 Å². The van der Waals surface area contributed by atoms with Crippen LogP contribution in [0.1, 0.15) is 38.5 Å². The number of nitrogens with zero attached hydrogens (tertiary/aromatic N) is 2. The predicted octanol–water partition coefficient (Wildman–Crippen LogP) is 2.36. The summed E-state index contributed by atoms with van der Waals surface area (Å²) < 4.78 is 0. The summed E-state index contributed by atoms with van der Waals surface area (Å²) in [5.41, 5.74) is -0.0155. The molecule has 4 heteroatoms. The molecule has 0 atom stereocenters. The zero-order valence-corrected chi connectivity index (χ0v) is 11.9. The molecule has 0 bridgehead atoms. The van der Waals surface area contributed by atoms with Crippen LogP contribution in [0.5, 0.6) is 0 Å². The Balaban J connectivity index is 2.03. The Morgan fingerprint density at radius 3 is 2.68 bits per heavy atom. The number of hydrogen-bond acceptors (Lipinski definition) is 3. The lowest BCUT2D eigenvalue weighted by Crippen LogP contribution is -2.48. The Morgan fingerprint density at radius 2 is 2.11 bits per heavy atom. The van der Waals surface area contributed by atoms with E-state index >= 15 is 0 Å². The quantitative estimate of drug-likeness (QED) is 0.905. The Labute approximate surface area is 115 Å². The number of nitrogens with one attached hydrogen (secondary N) is 1. The maximum absolute atomic E-state index is 12.4. The summed E-state index contributed by atoms with van der Waals surface area (Å²) in [6.45, 7) is 0. The fourth-order valence-electron chi connectivity index (χ4n) is 2.83. The Bertz CT molecular complexity index is 413. The van der Waals surface area contributed by atoms with E-state index in [4.69, 9.17) is 0 Å². The molecule has 1 aliphatic carbocycles. The van der Waals surface area contributed by atoms with Crippen molar-refractivity contribution < 1.29 is 4.79 Å². The molecule has 0 unspecified atom stereocenters. The van der Waals surface area contributed by atoms with E-state index in [1.807, 2.05) is 25.2 Å². The maximum atomic E-state index is 12.4. The lowest BCUT2D eigenvalue weighted by atomic mass is 9.79. The van der Waals surface area contributed by atoms with Crippen molar-refractivity contribution in [1.29, 1.82) is 0 Å². The smallest absolute Gasteiger partial charge is 0.229 e. The van der Waals surface area contributed by atoms with Gasteiger partial charge in [-0.2, -0.15) is 0 Å². The van der Waals surface area contributed by atoms with Gasteiger partial charge < -0.3 is 5.32 Å². The highest BCUT2D eigenvalue weighted by atomic mass is 16.2. The van der Waals surface area contributed by atoms with Crippen LogP contribution in [0, 0.1) is 0 Å². The van der Waals surface area contributed by atoms with Crippen molar-refractivity contribution in [2.24, 2.45) is 0 Å². The molecule has 1 fully saturated rings. The van der Waals surface area contributed by atoms with Crippen molar-refractivity contribution in [1.82, 2.24) is 10.3 Å². The van der Waals surface area contributed by atoms with Crippen LogP contribution in [0.15, 0.2) is 24.4 Å². The van der Waals surface area contributed by atoms with Crippen molar-refractivity contribution in [3.8, 4) is 0 Å². The van der Waals surface area contributed by atoms with Gasteiger partial charge in [0.1, 0.15) is 5.82 Å². The van der Waals surface area contributed by atoms with Crippen molar-refractivity contribution >= 4 is 11.7 Å². The standard InChI is InChI=1S/C15H23N3O/c1-16-15(9-5-3-6-10-15)12-14(19)18(2)13-8-4-7-11-17-13/h4,7-8,11,16H,3,5-6,9-10,12H2,1-2H3. The van der Waals surface area contributed by atoms with Crippen molar-refractivity contribution in [3.63, 3.8) is 0 Å². The number of rotatable bonds is 4. The molecule has 104 valence electrons. The Kier molecular flexibility index (Phi) is 4.53. The largest absolute Gasteiger partial charge is 0.314 e. The van der Waals surface area contributed by atoms with E-state index in [1.54, 1.807) is 18.1 Å². The van der Waals surface area contributed by atoms with Crippen LogP contribution < -0.4 is 10.2 Å². The van der Waals surface area contributed by atoms with Crippen LogP contribution in [0.2, 0.25) is 0 Å². The molecular formula is C15H23N3O. The third-order valence-electron chi connectivity index (χ3n) is 4.20. The SMILES string of the molecule is CNC1(CC(=O)N(C)c2ccccn2)CCCCC1. The molecule has 1 N–H and O–H groups in total.